The standard InChI is InChI=1S/C12H13N4O2S/c1-18-16(17)10-5-6-11(15-12(10)13)19-8-9-4-2-3-7-14-9/h2-7H,8H2,1H3,(H2,13,15)/q+1. The van der Waals surface area contributed by atoms with Crippen LogP contribution in [-0.4, -0.2) is 22.0 Å². The Kier molecular flexibility index (Phi) is 4.30. The van der Waals surface area contributed by atoms with Crippen molar-refractivity contribution in [3.63, 3.8) is 0 Å². The lowest BCUT2D eigenvalue weighted by atomic mass is 10.4. The summed E-state index contributed by atoms with van der Waals surface area (Å²) in [4.78, 5) is 24.5. The Hall–Kier alpha value is -2.15. The van der Waals surface area contributed by atoms with Gasteiger partial charge in [-0.25, -0.2) is 9.82 Å². The smallest absolute Gasteiger partial charge is 0.358 e. The van der Waals surface area contributed by atoms with Crippen LogP contribution >= 0.6 is 11.8 Å². The molecule has 0 aromatic carbocycles. The number of hydrogen-bond donors (Lipinski definition) is 1. The molecule has 2 aromatic rings. The number of nitrogen functional groups attached to an aromatic ring is 1. The van der Waals surface area contributed by atoms with Crippen molar-refractivity contribution in [1.82, 2.24) is 9.97 Å². The maximum atomic E-state index is 11.3. The fourth-order valence-electron chi connectivity index (χ4n) is 1.41. The van der Waals surface area contributed by atoms with Crippen molar-refractivity contribution in [2.45, 2.75) is 10.8 Å². The number of thioether (sulfide) groups is 1. The minimum absolute atomic E-state index is 0.142. The quantitative estimate of drug-likeness (QED) is 0.667. The predicted molar refractivity (Wildman–Crippen MR) is 72.7 cm³/mol. The van der Waals surface area contributed by atoms with Crippen molar-refractivity contribution in [1.29, 1.82) is 0 Å². The first kappa shape index (κ1) is 13.3. The molecule has 2 N–H and O–H groups in total. The van der Waals surface area contributed by atoms with Crippen molar-refractivity contribution in [2.24, 2.45) is 0 Å². The van der Waals surface area contributed by atoms with Gasteiger partial charge in [0.05, 0.1) is 15.6 Å². The van der Waals surface area contributed by atoms with Crippen molar-refractivity contribution in [3.05, 3.63) is 47.1 Å². The Morgan fingerprint density at radius 3 is 2.84 bits per heavy atom. The Morgan fingerprint density at radius 2 is 2.21 bits per heavy atom. The molecule has 0 saturated carbocycles. The molecule has 7 heteroatoms. The molecule has 2 heterocycles. The summed E-state index contributed by atoms with van der Waals surface area (Å²) >= 11 is 1.50. The maximum Gasteiger partial charge on any atom is 0.358 e. The Balaban J connectivity index is 2.06. The molecule has 2 aromatic heterocycles. The van der Waals surface area contributed by atoms with E-state index < -0.39 is 0 Å². The van der Waals surface area contributed by atoms with E-state index in [2.05, 4.69) is 14.8 Å². The summed E-state index contributed by atoms with van der Waals surface area (Å²) in [5.74, 6) is 0.834. The second-order valence-electron chi connectivity index (χ2n) is 3.60. The number of anilines is 1. The van der Waals surface area contributed by atoms with Gasteiger partial charge >= 0.3 is 5.69 Å². The lowest BCUT2D eigenvalue weighted by Gasteiger charge is -2.01. The largest absolute Gasteiger partial charge is 0.378 e. The summed E-state index contributed by atoms with van der Waals surface area (Å²) in [5, 5.41) is 0.733. The lowest BCUT2D eigenvalue weighted by molar-refractivity contribution is -0.736. The molecule has 98 valence electrons. The fraction of sp³-hybridized carbons (Fsp3) is 0.167. The molecule has 0 aliphatic heterocycles. The van der Waals surface area contributed by atoms with Crippen molar-refractivity contribution >= 4 is 23.3 Å². The lowest BCUT2D eigenvalue weighted by Crippen LogP contribution is -2.03. The Bertz CT molecular complexity index is 577. The van der Waals surface area contributed by atoms with Crippen LogP contribution in [-0.2, 0) is 10.6 Å². The zero-order valence-electron chi connectivity index (χ0n) is 10.3. The molecule has 6 nitrogen and oxygen atoms in total. The number of rotatable bonds is 5. The van der Waals surface area contributed by atoms with Crippen molar-refractivity contribution in [2.75, 3.05) is 12.8 Å². The Morgan fingerprint density at radius 1 is 1.37 bits per heavy atom. The van der Waals surface area contributed by atoms with E-state index in [1.54, 1.807) is 18.3 Å². The van der Waals surface area contributed by atoms with Gasteiger partial charge in [0.15, 0.2) is 7.11 Å². The third kappa shape index (κ3) is 3.41. The maximum absolute atomic E-state index is 11.3. The topological polar surface area (TPSA) is 81.1 Å². The van der Waals surface area contributed by atoms with Gasteiger partial charge in [0.25, 0.3) is 4.92 Å². The molecule has 2 rings (SSSR count). The van der Waals surface area contributed by atoms with E-state index >= 15 is 0 Å². The van der Waals surface area contributed by atoms with E-state index in [0.29, 0.717) is 10.7 Å². The average molecular weight is 277 g/mol. The van der Waals surface area contributed by atoms with Gasteiger partial charge < -0.3 is 5.73 Å². The molecule has 0 fully saturated rings. The van der Waals surface area contributed by atoms with Crippen LogP contribution in [0.2, 0.25) is 0 Å². The van der Waals surface area contributed by atoms with E-state index in [1.807, 2.05) is 18.2 Å². The van der Waals surface area contributed by atoms with Gasteiger partial charge in [0, 0.05) is 18.0 Å². The monoisotopic (exact) mass is 277 g/mol. The van der Waals surface area contributed by atoms with Crippen LogP contribution in [0.5, 0.6) is 0 Å². The van der Waals surface area contributed by atoms with Crippen LogP contribution in [0.15, 0.2) is 41.6 Å². The molecule has 0 saturated heterocycles. The molecule has 0 aliphatic rings. The Labute approximate surface area is 114 Å². The van der Waals surface area contributed by atoms with E-state index in [1.165, 1.54) is 18.9 Å². The minimum Gasteiger partial charge on any atom is -0.378 e. The molecule has 0 spiro atoms. The summed E-state index contributed by atoms with van der Waals surface area (Å²) in [6, 6.07) is 9.05. The first-order valence-electron chi connectivity index (χ1n) is 5.51. The number of nitrogens with zero attached hydrogens (tertiary/aromatic N) is 3. The minimum atomic E-state index is 0.142. The van der Waals surface area contributed by atoms with Gasteiger partial charge in [0.1, 0.15) is 0 Å². The van der Waals surface area contributed by atoms with E-state index in [4.69, 9.17) is 5.73 Å². The van der Waals surface area contributed by atoms with Crippen LogP contribution in [0.4, 0.5) is 11.5 Å². The van der Waals surface area contributed by atoms with Gasteiger partial charge in [0.2, 0.25) is 5.82 Å². The molecule has 0 radical (unpaired) electrons. The first-order chi connectivity index (χ1) is 9.20. The van der Waals surface area contributed by atoms with Gasteiger partial charge in [-0.05, 0) is 18.2 Å². The summed E-state index contributed by atoms with van der Waals surface area (Å²) in [7, 11) is 1.27. The number of aromatic nitrogens is 2. The highest BCUT2D eigenvalue weighted by Gasteiger charge is 2.20. The highest BCUT2D eigenvalue weighted by Crippen LogP contribution is 2.26. The van der Waals surface area contributed by atoms with Gasteiger partial charge in [-0.15, -0.1) is 0 Å². The summed E-state index contributed by atoms with van der Waals surface area (Å²) in [6.07, 6.45) is 1.74. The van der Waals surface area contributed by atoms with Crippen molar-refractivity contribution in [3.8, 4) is 0 Å². The summed E-state index contributed by atoms with van der Waals surface area (Å²) in [5.41, 5.74) is 6.86. The van der Waals surface area contributed by atoms with Crippen molar-refractivity contribution < 1.29 is 9.76 Å². The zero-order chi connectivity index (χ0) is 13.7. The number of hydrogen-bond acceptors (Lipinski definition) is 6. The highest BCUT2D eigenvalue weighted by atomic mass is 32.2. The predicted octanol–water partition coefficient (Wildman–Crippen LogP) is 2.32. The number of pyridine rings is 2. The molecular formula is C12H13N4O2S+. The van der Waals surface area contributed by atoms with Crippen LogP contribution < -0.4 is 5.73 Å². The van der Waals surface area contributed by atoms with Crippen LogP contribution in [0.3, 0.4) is 0 Å². The third-order valence-corrected chi connectivity index (χ3v) is 3.30. The SMILES string of the molecule is CO[N+](=O)c1ccc(SCc2ccccn2)nc1N. The van der Waals surface area contributed by atoms with Crippen LogP contribution in [0, 0.1) is 4.91 Å². The fourth-order valence-corrected chi connectivity index (χ4v) is 2.21. The first-order valence-corrected chi connectivity index (χ1v) is 6.50. The van der Waals surface area contributed by atoms with Crippen LogP contribution in [0.1, 0.15) is 5.69 Å². The molecule has 0 atom stereocenters. The zero-order valence-corrected chi connectivity index (χ0v) is 11.1. The van der Waals surface area contributed by atoms with Crippen LogP contribution in [0.25, 0.3) is 0 Å². The molecular weight excluding hydrogens is 264 g/mol. The molecule has 0 aliphatic carbocycles. The van der Waals surface area contributed by atoms with E-state index in [0.717, 1.165) is 10.7 Å². The van der Waals surface area contributed by atoms with Gasteiger partial charge in [-0.2, -0.15) is 0 Å². The highest BCUT2D eigenvalue weighted by molar-refractivity contribution is 7.98. The summed E-state index contributed by atoms with van der Waals surface area (Å²) in [6.45, 7) is 0. The van der Waals surface area contributed by atoms with Gasteiger partial charge in [-0.3, -0.25) is 4.98 Å². The molecule has 19 heavy (non-hydrogen) atoms. The molecule has 0 amide bonds. The van der Waals surface area contributed by atoms with E-state index in [9.17, 15) is 4.91 Å². The second-order valence-corrected chi connectivity index (χ2v) is 4.60. The third-order valence-electron chi connectivity index (χ3n) is 2.33. The average Bonchev–Trinajstić information content (AvgIpc) is 2.45. The second kappa shape index (κ2) is 6.14. The molecule has 0 bridgehead atoms. The normalized spacial score (nSPS) is 10.2. The van der Waals surface area contributed by atoms with E-state index in [-0.39, 0.29) is 11.5 Å². The van der Waals surface area contributed by atoms with Gasteiger partial charge in [-0.1, -0.05) is 17.8 Å². The number of nitrogens with two attached hydrogens (primary N) is 1. The molecule has 0 unspecified atom stereocenters. The summed E-state index contributed by atoms with van der Waals surface area (Å²) < 4.78 is 0.